The molecule has 1 aliphatic rings. The van der Waals surface area contributed by atoms with Crippen LogP contribution in [0.15, 0.2) is 89.9 Å². The van der Waals surface area contributed by atoms with Crippen LogP contribution in [0.5, 0.6) is 5.75 Å². The molecule has 0 amide bonds. The Morgan fingerprint density at radius 1 is 1.00 bits per heavy atom. The van der Waals surface area contributed by atoms with Crippen LogP contribution in [0.2, 0.25) is 0 Å². The Kier molecular flexibility index (Phi) is 8.08. The minimum atomic E-state index is -0.288. The number of carbonyl (C=O) groups excluding carboxylic acids is 1. The third-order valence-corrected chi connectivity index (χ3v) is 7.41. The number of ether oxygens (including phenoxy) is 2. The molecule has 0 atom stereocenters. The van der Waals surface area contributed by atoms with Gasteiger partial charge in [-0.15, -0.1) is 11.3 Å². The molecule has 0 saturated heterocycles. The lowest BCUT2D eigenvalue weighted by Gasteiger charge is -2.27. The van der Waals surface area contributed by atoms with E-state index in [1.54, 1.807) is 17.6 Å². The lowest BCUT2D eigenvalue weighted by atomic mass is 10.0. The van der Waals surface area contributed by atoms with Gasteiger partial charge in [0.25, 0.3) is 0 Å². The maximum Gasteiger partial charge on any atom is 0.341 e. The highest BCUT2D eigenvalue weighted by Gasteiger charge is 2.28. The SMILES string of the molecule is CCOC(=O)c1c(N=Cc2cccc(OCc3ccccc3)c2)sc2c1CCN(Cc1ccccc1)C2. The van der Waals surface area contributed by atoms with Crippen LogP contribution in [-0.2, 0) is 30.9 Å². The van der Waals surface area contributed by atoms with Gasteiger partial charge >= 0.3 is 5.97 Å². The zero-order valence-corrected chi connectivity index (χ0v) is 21.7. The van der Waals surface area contributed by atoms with Crippen LogP contribution < -0.4 is 4.74 Å². The monoisotopic (exact) mass is 510 g/mol. The van der Waals surface area contributed by atoms with Crippen molar-refractivity contribution in [3.8, 4) is 5.75 Å². The van der Waals surface area contributed by atoms with Gasteiger partial charge < -0.3 is 9.47 Å². The number of carbonyl (C=O) groups is 1. The molecule has 0 N–H and O–H groups in total. The van der Waals surface area contributed by atoms with E-state index >= 15 is 0 Å². The van der Waals surface area contributed by atoms with Crippen molar-refractivity contribution in [3.05, 3.63) is 118 Å². The highest BCUT2D eigenvalue weighted by atomic mass is 32.1. The van der Waals surface area contributed by atoms with E-state index < -0.39 is 0 Å². The number of rotatable bonds is 9. The lowest BCUT2D eigenvalue weighted by Crippen LogP contribution is -2.29. The minimum absolute atomic E-state index is 0.288. The van der Waals surface area contributed by atoms with E-state index in [2.05, 4.69) is 29.2 Å². The molecule has 188 valence electrons. The van der Waals surface area contributed by atoms with Crippen LogP contribution in [0.4, 0.5) is 5.00 Å². The van der Waals surface area contributed by atoms with Crippen LogP contribution in [0.1, 0.15) is 44.4 Å². The zero-order chi connectivity index (χ0) is 25.5. The van der Waals surface area contributed by atoms with E-state index in [1.807, 2.05) is 67.6 Å². The molecular formula is C31H30N2O3S. The molecule has 0 bridgehead atoms. The van der Waals surface area contributed by atoms with Crippen molar-refractivity contribution in [1.29, 1.82) is 0 Å². The normalized spacial score (nSPS) is 13.4. The number of hydrogen-bond acceptors (Lipinski definition) is 6. The number of fused-ring (bicyclic) bond motifs is 1. The van der Waals surface area contributed by atoms with E-state index in [1.165, 1.54) is 10.4 Å². The molecule has 0 spiro atoms. The maximum atomic E-state index is 12.9. The van der Waals surface area contributed by atoms with E-state index in [9.17, 15) is 4.79 Å². The summed E-state index contributed by atoms with van der Waals surface area (Å²) in [4.78, 5) is 21.3. The molecule has 5 rings (SSSR count). The number of aliphatic imine (C=N–C) groups is 1. The van der Waals surface area contributed by atoms with Crippen LogP contribution in [0.25, 0.3) is 0 Å². The number of benzene rings is 3. The van der Waals surface area contributed by atoms with Crippen molar-refractivity contribution < 1.29 is 14.3 Å². The first-order valence-corrected chi connectivity index (χ1v) is 13.4. The third kappa shape index (κ3) is 6.34. The molecule has 0 saturated carbocycles. The summed E-state index contributed by atoms with van der Waals surface area (Å²) in [5.41, 5.74) is 5.03. The molecule has 3 aromatic carbocycles. The van der Waals surface area contributed by atoms with Crippen LogP contribution >= 0.6 is 11.3 Å². The van der Waals surface area contributed by atoms with E-state index in [0.29, 0.717) is 23.8 Å². The van der Waals surface area contributed by atoms with Crippen molar-refractivity contribution in [2.45, 2.75) is 33.0 Å². The summed E-state index contributed by atoms with van der Waals surface area (Å²) in [5.74, 6) is 0.490. The second kappa shape index (κ2) is 12.0. The van der Waals surface area contributed by atoms with Gasteiger partial charge in [-0.1, -0.05) is 72.8 Å². The number of hydrogen-bond donors (Lipinski definition) is 0. The highest BCUT2D eigenvalue weighted by molar-refractivity contribution is 7.16. The molecule has 0 fully saturated rings. The second-order valence-corrected chi connectivity index (χ2v) is 10.0. The van der Waals surface area contributed by atoms with Crippen LogP contribution in [0.3, 0.4) is 0 Å². The molecule has 4 aromatic rings. The molecule has 0 radical (unpaired) electrons. The highest BCUT2D eigenvalue weighted by Crippen LogP contribution is 2.39. The summed E-state index contributed by atoms with van der Waals surface area (Å²) in [6.45, 7) is 5.28. The van der Waals surface area contributed by atoms with Crippen LogP contribution in [-0.4, -0.2) is 30.2 Å². The molecular weight excluding hydrogens is 480 g/mol. The predicted octanol–water partition coefficient (Wildman–Crippen LogP) is 6.81. The quantitative estimate of drug-likeness (QED) is 0.183. The lowest BCUT2D eigenvalue weighted by molar-refractivity contribution is 0.0526. The van der Waals surface area contributed by atoms with E-state index in [-0.39, 0.29) is 5.97 Å². The number of esters is 1. The van der Waals surface area contributed by atoms with Crippen molar-refractivity contribution in [2.75, 3.05) is 13.2 Å². The van der Waals surface area contributed by atoms with Gasteiger partial charge in [0.2, 0.25) is 0 Å². The minimum Gasteiger partial charge on any atom is -0.489 e. The number of nitrogens with zero attached hydrogens (tertiary/aromatic N) is 2. The Balaban J connectivity index is 1.34. The fraction of sp³-hybridized carbons (Fsp3) is 0.226. The molecule has 37 heavy (non-hydrogen) atoms. The largest absolute Gasteiger partial charge is 0.489 e. The van der Waals surface area contributed by atoms with Gasteiger partial charge in [0.1, 0.15) is 17.4 Å². The summed E-state index contributed by atoms with van der Waals surface area (Å²) >= 11 is 1.59. The summed E-state index contributed by atoms with van der Waals surface area (Å²) in [6, 6.07) is 28.4. The van der Waals surface area contributed by atoms with Gasteiger partial charge in [-0.25, -0.2) is 9.79 Å². The molecule has 5 nitrogen and oxygen atoms in total. The van der Waals surface area contributed by atoms with Crippen molar-refractivity contribution >= 4 is 28.5 Å². The molecule has 6 heteroatoms. The van der Waals surface area contributed by atoms with Gasteiger partial charge in [-0.2, -0.15) is 0 Å². The van der Waals surface area contributed by atoms with Gasteiger partial charge in [0, 0.05) is 30.7 Å². The smallest absolute Gasteiger partial charge is 0.341 e. The summed E-state index contributed by atoms with van der Waals surface area (Å²) < 4.78 is 11.4. The second-order valence-electron chi connectivity index (χ2n) is 8.96. The fourth-order valence-electron chi connectivity index (χ4n) is 4.48. The molecule has 0 aliphatic carbocycles. The Bertz CT molecular complexity index is 1370. The topological polar surface area (TPSA) is 51.1 Å². The first-order chi connectivity index (χ1) is 18.2. The molecule has 2 heterocycles. The Hall–Kier alpha value is -3.74. The van der Waals surface area contributed by atoms with Crippen molar-refractivity contribution in [1.82, 2.24) is 4.90 Å². The Morgan fingerprint density at radius 3 is 2.51 bits per heavy atom. The van der Waals surface area contributed by atoms with Crippen molar-refractivity contribution in [3.63, 3.8) is 0 Å². The average Bonchev–Trinajstić information content (AvgIpc) is 3.30. The zero-order valence-electron chi connectivity index (χ0n) is 20.9. The van der Waals surface area contributed by atoms with E-state index in [4.69, 9.17) is 14.5 Å². The number of thiophene rings is 1. The summed E-state index contributed by atoms with van der Waals surface area (Å²) in [6.07, 6.45) is 2.61. The van der Waals surface area contributed by atoms with Crippen molar-refractivity contribution in [2.24, 2.45) is 4.99 Å². The Labute approximate surface area is 222 Å². The third-order valence-electron chi connectivity index (χ3n) is 6.28. The van der Waals surface area contributed by atoms with Gasteiger partial charge in [-0.05, 0) is 47.7 Å². The standard InChI is InChI=1S/C31H30N2O3S/c1-2-35-31(34)29-27-16-17-33(20-23-10-5-3-6-11-23)21-28(27)37-30(29)32-19-25-14-9-15-26(18-25)36-22-24-12-7-4-8-13-24/h3-15,18-19H,2,16-17,20-22H2,1H3. The first-order valence-electron chi connectivity index (χ1n) is 12.6. The van der Waals surface area contributed by atoms with Gasteiger partial charge in [-0.3, -0.25) is 4.90 Å². The predicted molar refractivity (Wildman–Crippen MR) is 149 cm³/mol. The maximum absolute atomic E-state index is 12.9. The van der Waals surface area contributed by atoms with Gasteiger partial charge in [0.15, 0.2) is 0 Å². The van der Waals surface area contributed by atoms with Crippen LogP contribution in [0, 0.1) is 0 Å². The van der Waals surface area contributed by atoms with E-state index in [0.717, 1.165) is 48.5 Å². The summed E-state index contributed by atoms with van der Waals surface area (Å²) in [7, 11) is 0. The molecule has 0 unspecified atom stereocenters. The molecule has 1 aliphatic heterocycles. The average molecular weight is 511 g/mol. The van der Waals surface area contributed by atoms with Gasteiger partial charge in [0.05, 0.1) is 12.2 Å². The fourth-order valence-corrected chi connectivity index (χ4v) is 5.70. The summed E-state index contributed by atoms with van der Waals surface area (Å²) in [5, 5.41) is 0.709. The Morgan fingerprint density at radius 2 is 1.76 bits per heavy atom. The first kappa shape index (κ1) is 24.9. The molecule has 1 aromatic heterocycles.